The molecule has 1 N–H and O–H groups in total. The minimum absolute atomic E-state index is 0.315. The predicted molar refractivity (Wildman–Crippen MR) is 88.3 cm³/mol. The number of anilines is 1. The molecule has 1 saturated carbocycles. The quantitative estimate of drug-likeness (QED) is 0.817. The number of aryl methyl sites for hydroxylation is 1. The first kappa shape index (κ1) is 14.3. The SMILES string of the molecule is COc1ccc(Cl)c(NC(c2ccc(C)cc2)C2CC2)c1. The number of ether oxygens (including phenoxy) is 1. The van der Waals surface area contributed by atoms with Crippen LogP contribution in [0.25, 0.3) is 0 Å². The van der Waals surface area contributed by atoms with Crippen LogP contribution in [0.15, 0.2) is 42.5 Å². The van der Waals surface area contributed by atoms with Gasteiger partial charge in [0.1, 0.15) is 5.75 Å². The highest BCUT2D eigenvalue weighted by Gasteiger charge is 2.32. The van der Waals surface area contributed by atoms with E-state index in [1.807, 2.05) is 18.2 Å². The summed E-state index contributed by atoms with van der Waals surface area (Å²) in [5, 5.41) is 4.34. The summed E-state index contributed by atoms with van der Waals surface area (Å²) in [5.41, 5.74) is 3.54. The van der Waals surface area contributed by atoms with Crippen molar-refractivity contribution in [2.24, 2.45) is 5.92 Å². The van der Waals surface area contributed by atoms with Crippen LogP contribution < -0.4 is 10.1 Å². The standard InChI is InChI=1S/C18H20ClNO/c1-12-3-5-13(6-4-12)18(14-7-8-14)20-17-11-15(21-2)9-10-16(17)19/h3-6,9-11,14,18,20H,7-8H2,1-2H3. The maximum atomic E-state index is 6.32. The van der Waals surface area contributed by atoms with Gasteiger partial charge in [0.05, 0.1) is 23.9 Å². The first-order valence-corrected chi connectivity index (χ1v) is 7.72. The molecule has 1 aliphatic rings. The summed E-state index contributed by atoms with van der Waals surface area (Å²) in [6.45, 7) is 2.11. The molecular formula is C18H20ClNO. The Bertz CT molecular complexity index is 620. The van der Waals surface area contributed by atoms with Gasteiger partial charge in [0, 0.05) is 6.07 Å². The van der Waals surface area contributed by atoms with Crippen LogP contribution in [0.3, 0.4) is 0 Å². The Morgan fingerprint density at radius 2 is 1.86 bits per heavy atom. The molecule has 21 heavy (non-hydrogen) atoms. The highest BCUT2D eigenvalue weighted by atomic mass is 35.5. The Kier molecular flexibility index (Phi) is 4.07. The summed E-state index contributed by atoms with van der Waals surface area (Å²) in [6, 6.07) is 14.8. The minimum Gasteiger partial charge on any atom is -0.497 e. The monoisotopic (exact) mass is 301 g/mol. The third kappa shape index (κ3) is 3.33. The molecule has 110 valence electrons. The van der Waals surface area contributed by atoms with E-state index in [0.29, 0.717) is 12.0 Å². The van der Waals surface area contributed by atoms with Gasteiger partial charge in [-0.05, 0) is 43.4 Å². The van der Waals surface area contributed by atoms with Crippen molar-refractivity contribution in [3.8, 4) is 5.75 Å². The second kappa shape index (κ2) is 5.98. The summed E-state index contributed by atoms with van der Waals surface area (Å²) in [6.07, 6.45) is 2.54. The molecule has 2 nitrogen and oxygen atoms in total. The van der Waals surface area contributed by atoms with Crippen LogP contribution in [0.2, 0.25) is 5.02 Å². The zero-order valence-electron chi connectivity index (χ0n) is 12.4. The smallest absolute Gasteiger partial charge is 0.121 e. The number of halogens is 1. The Morgan fingerprint density at radius 1 is 1.14 bits per heavy atom. The Hall–Kier alpha value is -1.67. The Morgan fingerprint density at radius 3 is 2.48 bits per heavy atom. The van der Waals surface area contributed by atoms with Crippen LogP contribution >= 0.6 is 11.6 Å². The minimum atomic E-state index is 0.315. The summed E-state index contributed by atoms with van der Waals surface area (Å²) in [5.74, 6) is 1.51. The van der Waals surface area contributed by atoms with Gasteiger partial charge in [0.2, 0.25) is 0 Å². The van der Waals surface area contributed by atoms with Crippen LogP contribution in [0.1, 0.15) is 30.0 Å². The molecule has 0 aromatic heterocycles. The predicted octanol–water partition coefficient (Wildman–Crippen LogP) is 5.22. The van der Waals surface area contributed by atoms with Crippen molar-refractivity contribution in [3.63, 3.8) is 0 Å². The molecule has 0 aliphatic heterocycles. The molecular weight excluding hydrogens is 282 g/mol. The lowest BCUT2D eigenvalue weighted by Gasteiger charge is -2.21. The van der Waals surface area contributed by atoms with Crippen molar-refractivity contribution in [3.05, 3.63) is 58.6 Å². The molecule has 3 heteroatoms. The fourth-order valence-corrected chi connectivity index (χ4v) is 2.76. The molecule has 1 fully saturated rings. The molecule has 0 bridgehead atoms. The number of nitrogens with one attached hydrogen (secondary N) is 1. The van der Waals surface area contributed by atoms with E-state index >= 15 is 0 Å². The Labute approximate surface area is 131 Å². The number of hydrogen-bond acceptors (Lipinski definition) is 2. The molecule has 0 radical (unpaired) electrons. The van der Waals surface area contributed by atoms with Gasteiger partial charge in [-0.3, -0.25) is 0 Å². The first-order valence-electron chi connectivity index (χ1n) is 7.34. The number of benzene rings is 2. The number of methoxy groups -OCH3 is 1. The van der Waals surface area contributed by atoms with Crippen molar-refractivity contribution in [1.82, 2.24) is 0 Å². The first-order chi connectivity index (χ1) is 10.2. The van der Waals surface area contributed by atoms with Gasteiger partial charge in [-0.25, -0.2) is 0 Å². The van der Waals surface area contributed by atoms with E-state index in [2.05, 4.69) is 36.5 Å². The van der Waals surface area contributed by atoms with Crippen LogP contribution in [-0.2, 0) is 0 Å². The molecule has 0 saturated heterocycles. The second-order valence-corrected chi connectivity index (χ2v) is 6.12. The average Bonchev–Trinajstić information content (AvgIpc) is 3.32. The highest BCUT2D eigenvalue weighted by molar-refractivity contribution is 6.33. The molecule has 0 heterocycles. The average molecular weight is 302 g/mol. The van der Waals surface area contributed by atoms with Crippen molar-refractivity contribution in [2.75, 3.05) is 12.4 Å². The zero-order valence-corrected chi connectivity index (χ0v) is 13.2. The maximum Gasteiger partial charge on any atom is 0.121 e. The van der Waals surface area contributed by atoms with Crippen LogP contribution in [-0.4, -0.2) is 7.11 Å². The van der Waals surface area contributed by atoms with Crippen molar-refractivity contribution in [2.45, 2.75) is 25.8 Å². The van der Waals surface area contributed by atoms with Gasteiger partial charge < -0.3 is 10.1 Å². The normalized spacial score (nSPS) is 15.6. The molecule has 0 spiro atoms. The molecule has 2 aromatic carbocycles. The van der Waals surface area contributed by atoms with Gasteiger partial charge in [-0.1, -0.05) is 41.4 Å². The van der Waals surface area contributed by atoms with Crippen molar-refractivity contribution < 1.29 is 4.74 Å². The number of rotatable bonds is 5. The molecule has 2 aromatic rings. The van der Waals surface area contributed by atoms with Crippen molar-refractivity contribution in [1.29, 1.82) is 0 Å². The fourth-order valence-electron chi connectivity index (χ4n) is 2.59. The molecule has 1 atom stereocenters. The highest BCUT2D eigenvalue weighted by Crippen LogP contribution is 2.44. The summed E-state index contributed by atoms with van der Waals surface area (Å²) >= 11 is 6.32. The third-order valence-corrected chi connectivity index (χ3v) is 4.34. The lowest BCUT2D eigenvalue weighted by Crippen LogP contribution is -2.13. The lowest BCUT2D eigenvalue weighted by atomic mass is 10.0. The summed E-state index contributed by atoms with van der Waals surface area (Å²) in [7, 11) is 1.67. The van der Waals surface area contributed by atoms with Crippen molar-refractivity contribution >= 4 is 17.3 Å². The maximum absolute atomic E-state index is 6.32. The van der Waals surface area contributed by atoms with Gasteiger partial charge in [-0.15, -0.1) is 0 Å². The number of hydrogen-bond donors (Lipinski definition) is 1. The third-order valence-electron chi connectivity index (χ3n) is 4.01. The van der Waals surface area contributed by atoms with Gasteiger partial charge >= 0.3 is 0 Å². The van der Waals surface area contributed by atoms with E-state index in [9.17, 15) is 0 Å². The largest absolute Gasteiger partial charge is 0.497 e. The zero-order chi connectivity index (χ0) is 14.8. The van der Waals surface area contributed by atoms with Crippen LogP contribution in [0.4, 0.5) is 5.69 Å². The van der Waals surface area contributed by atoms with E-state index < -0.39 is 0 Å². The fraction of sp³-hybridized carbons (Fsp3) is 0.333. The Balaban J connectivity index is 1.87. The van der Waals surface area contributed by atoms with E-state index in [0.717, 1.165) is 16.5 Å². The van der Waals surface area contributed by atoms with Gasteiger partial charge in [0.25, 0.3) is 0 Å². The topological polar surface area (TPSA) is 21.3 Å². The summed E-state index contributed by atoms with van der Waals surface area (Å²) < 4.78 is 5.29. The van der Waals surface area contributed by atoms with Gasteiger partial charge in [-0.2, -0.15) is 0 Å². The van der Waals surface area contributed by atoms with E-state index in [1.54, 1.807) is 7.11 Å². The van der Waals surface area contributed by atoms with Crippen LogP contribution in [0, 0.1) is 12.8 Å². The van der Waals surface area contributed by atoms with E-state index in [4.69, 9.17) is 16.3 Å². The second-order valence-electron chi connectivity index (χ2n) is 5.72. The molecule has 3 rings (SSSR count). The molecule has 1 aliphatic carbocycles. The van der Waals surface area contributed by atoms with E-state index in [1.165, 1.54) is 24.0 Å². The van der Waals surface area contributed by atoms with Crippen LogP contribution in [0.5, 0.6) is 5.75 Å². The molecule has 0 amide bonds. The van der Waals surface area contributed by atoms with Gasteiger partial charge in [0.15, 0.2) is 0 Å². The van der Waals surface area contributed by atoms with E-state index in [-0.39, 0.29) is 0 Å². The summed E-state index contributed by atoms with van der Waals surface area (Å²) in [4.78, 5) is 0. The molecule has 1 unspecified atom stereocenters. The lowest BCUT2D eigenvalue weighted by molar-refractivity contribution is 0.415.